The van der Waals surface area contributed by atoms with Gasteiger partial charge in [-0.3, -0.25) is 4.79 Å². The van der Waals surface area contributed by atoms with Crippen LogP contribution in [0.15, 0.2) is 82.1 Å². The Hall–Kier alpha value is -3.05. The second-order valence-electron chi connectivity index (χ2n) is 6.49. The van der Waals surface area contributed by atoms with E-state index in [0.717, 1.165) is 32.3 Å². The first-order valence-corrected chi connectivity index (χ1v) is 9.61. The standard InChI is InChI=1S/C23H18BrNO3/c1-28-18-10-7-15(8-11-18)14-25-20-12-9-17(24)13-19(20)21(22(26)23(25)27)16-5-3-2-4-6-16/h2-13,26H,14H2,1H3. The molecule has 0 unspecified atom stereocenters. The average molecular weight is 436 g/mol. The first-order chi connectivity index (χ1) is 13.6. The number of aromatic nitrogens is 1. The van der Waals surface area contributed by atoms with Gasteiger partial charge in [-0.05, 0) is 41.5 Å². The molecule has 4 rings (SSSR count). The van der Waals surface area contributed by atoms with Crippen LogP contribution in [-0.4, -0.2) is 16.8 Å². The Labute approximate surface area is 170 Å². The van der Waals surface area contributed by atoms with E-state index in [1.165, 1.54) is 0 Å². The zero-order valence-corrected chi connectivity index (χ0v) is 16.8. The van der Waals surface area contributed by atoms with Gasteiger partial charge in [0.15, 0.2) is 5.75 Å². The van der Waals surface area contributed by atoms with E-state index in [1.807, 2.05) is 72.8 Å². The summed E-state index contributed by atoms with van der Waals surface area (Å²) in [5.74, 6) is 0.512. The lowest BCUT2D eigenvalue weighted by molar-refractivity contribution is 0.414. The number of pyridine rings is 1. The van der Waals surface area contributed by atoms with Crippen molar-refractivity contribution in [1.29, 1.82) is 0 Å². The molecule has 0 aliphatic carbocycles. The Bertz CT molecular complexity index is 1200. The van der Waals surface area contributed by atoms with Crippen molar-refractivity contribution in [2.24, 2.45) is 0 Å². The molecule has 140 valence electrons. The molecule has 4 nitrogen and oxygen atoms in total. The molecular weight excluding hydrogens is 418 g/mol. The Morgan fingerprint density at radius 2 is 1.71 bits per heavy atom. The fourth-order valence-electron chi connectivity index (χ4n) is 3.38. The van der Waals surface area contributed by atoms with E-state index in [9.17, 15) is 9.90 Å². The summed E-state index contributed by atoms with van der Waals surface area (Å²) >= 11 is 3.51. The monoisotopic (exact) mass is 435 g/mol. The number of benzene rings is 3. The summed E-state index contributed by atoms with van der Waals surface area (Å²) < 4.78 is 7.68. The quantitative estimate of drug-likeness (QED) is 0.479. The van der Waals surface area contributed by atoms with Crippen LogP contribution < -0.4 is 10.3 Å². The lowest BCUT2D eigenvalue weighted by atomic mass is 9.99. The van der Waals surface area contributed by atoms with E-state index in [2.05, 4.69) is 15.9 Å². The van der Waals surface area contributed by atoms with Gasteiger partial charge in [-0.2, -0.15) is 0 Å². The van der Waals surface area contributed by atoms with Crippen LogP contribution in [0.4, 0.5) is 0 Å². The van der Waals surface area contributed by atoms with Gasteiger partial charge in [0, 0.05) is 15.4 Å². The number of methoxy groups -OCH3 is 1. The van der Waals surface area contributed by atoms with E-state index < -0.39 is 5.56 Å². The number of halogens is 1. The molecule has 0 aliphatic heterocycles. The summed E-state index contributed by atoms with van der Waals surface area (Å²) in [6, 6.07) is 22.7. The fraction of sp³-hybridized carbons (Fsp3) is 0.0870. The summed E-state index contributed by atoms with van der Waals surface area (Å²) in [6.45, 7) is 0.351. The van der Waals surface area contributed by atoms with Crippen molar-refractivity contribution >= 4 is 26.8 Å². The van der Waals surface area contributed by atoms with Crippen molar-refractivity contribution in [3.63, 3.8) is 0 Å². The molecule has 0 amide bonds. The normalized spacial score (nSPS) is 10.9. The molecule has 1 aromatic heterocycles. The topological polar surface area (TPSA) is 51.5 Å². The van der Waals surface area contributed by atoms with Gasteiger partial charge in [0.25, 0.3) is 5.56 Å². The SMILES string of the molecule is COc1ccc(Cn2c(=O)c(O)c(-c3ccccc3)c3cc(Br)ccc32)cc1. The molecule has 1 heterocycles. The first kappa shape index (κ1) is 18.3. The molecule has 0 atom stereocenters. The molecule has 0 bridgehead atoms. The third kappa shape index (κ3) is 3.29. The largest absolute Gasteiger partial charge is 0.503 e. The molecule has 4 aromatic rings. The summed E-state index contributed by atoms with van der Waals surface area (Å²) in [4.78, 5) is 13.1. The second-order valence-corrected chi connectivity index (χ2v) is 7.41. The van der Waals surface area contributed by atoms with Gasteiger partial charge in [-0.1, -0.05) is 58.4 Å². The van der Waals surface area contributed by atoms with Crippen molar-refractivity contribution in [3.05, 3.63) is 93.2 Å². The Balaban J connectivity index is 1.95. The molecule has 0 saturated heterocycles. The predicted octanol–water partition coefficient (Wildman–Crippen LogP) is 5.19. The highest BCUT2D eigenvalue weighted by molar-refractivity contribution is 9.10. The molecule has 0 aliphatic rings. The molecular formula is C23H18BrNO3. The van der Waals surface area contributed by atoms with Crippen LogP contribution in [0.1, 0.15) is 5.56 Å². The van der Waals surface area contributed by atoms with Crippen LogP contribution in [0.25, 0.3) is 22.0 Å². The van der Waals surface area contributed by atoms with Crippen LogP contribution >= 0.6 is 15.9 Å². The van der Waals surface area contributed by atoms with Crippen molar-refractivity contribution in [1.82, 2.24) is 4.57 Å². The minimum atomic E-state index is -0.413. The number of hydrogen-bond acceptors (Lipinski definition) is 3. The highest BCUT2D eigenvalue weighted by Crippen LogP contribution is 2.35. The lowest BCUT2D eigenvalue weighted by Gasteiger charge is -2.16. The zero-order chi connectivity index (χ0) is 19.7. The van der Waals surface area contributed by atoms with Gasteiger partial charge in [-0.15, -0.1) is 0 Å². The summed E-state index contributed by atoms with van der Waals surface area (Å²) in [6.07, 6.45) is 0. The second kappa shape index (κ2) is 7.52. The molecule has 0 radical (unpaired) electrons. The predicted molar refractivity (Wildman–Crippen MR) is 115 cm³/mol. The maximum absolute atomic E-state index is 13.1. The van der Waals surface area contributed by atoms with E-state index >= 15 is 0 Å². The molecule has 0 saturated carbocycles. The van der Waals surface area contributed by atoms with Crippen molar-refractivity contribution < 1.29 is 9.84 Å². The zero-order valence-electron chi connectivity index (χ0n) is 15.2. The summed E-state index contributed by atoms with van der Waals surface area (Å²) in [5.41, 5.74) is 2.65. The minimum Gasteiger partial charge on any atom is -0.503 e. The van der Waals surface area contributed by atoms with E-state index in [0.29, 0.717) is 12.1 Å². The molecule has 28 heavy (non-hydrogen) atoms. The average Bonchev–Trinajstić information content (AvgIpc) is 2.73. The maximum atomic E-state index is 13.1. The first-order valence-electron chi connectivity index (χ1n) is 8.82. The Morgan fingerprint density at radius 3 is 2.39 bits per heavy atom. The van der Waals surface area contributed by atoms with E-state index in [4.69, 9.17) is 4.74 Å². The Morgan fingerprint density at radius 1 is 1.00 bits per heavy atom. The van der Waals surface area contributed by atoms with Gasteiger partial charge in [0.2, 0.25) is 0 Å². The lowest BCUT2D eigenvalue weighted by Crippen LogP contribution is -2.21. The van der Waals surface area contributed by atoms with Crippen LogP contribution in [0.2, 0.25) is 0 Å². The molecule has 3 aromatic carbocycles. The van der Waals surface area contributed by atoms with Gasteiger partial charge in [0.1, 0.15) is 5.75 Å². The van der Waals surface area contributed by atoms with Crippen LogP contribution in [0.5, 0.6) is 11.5 Å². The molecule has 5 heteroatoms. The minimum absolute atomic E-state index is 0.245. The van der Waals surface area contributed by atoms with Crippen LogP contribution in [0, 0.1) is 0 Å². The number of fused-ring (bicyclic) bond motifs is 1. The summed E-state index contributed by atoms with van der Waals surface area (Å²) in [5, 5.41) is 11.6. The third-order valence-electron chi connectivity index (χ3n) is 4.77. The van der Waals surface area contributed by atoms with E-state index in [-0.39, 0.29) is 5.75 Å². The van der Waals surface area contributed by atoms with Gasteiger partial charge >= 0.3 is 0 Å². The number of aromatic hydroxyl groups is 1. The van der Waals surface area contributed by atoms with Crippen LogP contribution in [-0.2, 0) is 6.54 Å². The molecule has 0 spiro atoms. The highest BCUT2D eigenvalue weighted by Gasteiger charge is 2.18. The van der Waals surface area contributed by atoms with Crippen molar-refractivity contribution in [3.8, 4) is 22.6 Å². The van der Waals surface area contributed by atoms with E-state index in [1.54, 1.807) is 11.7 Å². The maximum Gasteiger partial charge on any atom is 0.294 e. The van der Waals surface area contributed by atoms with Crippen LogP contribution in [0.3, 0.4) is 0 Å². The van der Waals surface area contributed by atoms with Gasteiger partial charge in [0.05, 0.1) is 19.2 Å². The third-order valence-corrected chi connectivity index (χ3v) is 5.26. The van der Waals surface area contributed by atoms with Gasteiger partial charge in [-0.25, -0.2) is 0 Å². The number of nitrogens with zero attached hydrogens (tertiary/aromatic N) is 1. The Kier molecular flexibility index (Phi) is 4.92. The fourth-order valence-corrected chi connectivity index (χ4v) is 3.74. The van der Waals surface area contributed by atoms with Gasteiger partial charge < -0.3 is 14.4 Å². The molecule has 0 fully saturated rings. The smallest absolute Gasteiger partial charge is 0.294 e. The van der Waals surface area contributed by atoms with Crippen molar-refractivity contribution in [2.45, 2.75) is 6.54 Å². The molecule has 1 N–H and O–H groups in total. The van der Waals surface area contributed by atoms with Crippen molar-refractivity contribution in [2.75, 3.05) is 7.11 Å². The highest BCUT2D eigenvalue weighted by atomic mass is 79.9. The number of hydrogen-bond donors (Lipinski definition) is 1. The number of rotatable bonds is 4. The summed E-state index contributed by atoms with van der Waals surface area (Å²) in [7, 11) is 1.62. The number of ether oxygens (including phenoxy) is 1.